The van der Waals surface area contributed by atoms with E-state index in [1.165, 1.54) is 6.07 Å². The van der Waals surface area contributed by atoms with Gasteiger partial charge in [0.15, 0.2) is 0 Å². The van der Waals surface area contributed by atoms with Crippen molar-refractivity contribution in [3.05, 3.63) is 59.4 Å². The Balaban J connectivity index is 1.39. The van der Waals surface area contributed by atoms with E-state index in [1.807, 2.05) is 24.3 Å². The summed E-state index contributed by atoms with van der Waals surface area (Å²) in [5.74, 6) is -0.695. The molecule has 0 unspecified atom stereocenters. The number of amides is 2. The first-order valence-corrected chi connectivity index (χ1v) is 10.3. The van der Waals surface area contributed by atoms with Crippen molar-refractivity contribution in [1.82, 2.24) is 10.2 Å². The van der Waals surface area contributed by atoms with E-state index in [4.69, 9.17) is 11.6 Å². The average molecular weight is 422 g/mol. The molecule has 0 aromatic heterocycles. The second kappa shape index (κ2) is 9.80. The van der Waals surface area contributed by atoms with Crippen molar-refractivity contribution in [3.63, 3.8) is 0 Å². The van der Waals surface area contributed by atoms with Crippen LogP contribution in [0.2, 0.25) is 5.02 Å². The van der Waals surface area contributed by atoms with Crippen LogP contribution in [0.25, 0.3) is 0 Å². The van der Waals surface area contributed by atoms with Gasteiger partial charge in [-0.15, -0.1) is 11.8 Å². The number of rotatable bonds is 6. The molecule has 0 atom stereocenters. The van der Waals surface area contributed by atoms with Crippen molar-refractivity contribution in [3.8, 4) is 0 Å². The van der Waals surface area contributed by atoms with Gasteiger partial charge in [0.2, 0.25) is 11.8 Å². The second-order valence-electron chi connectivity index (χ2n) is 6.34. The summed E-state index contributed by atoms with van der Waals surface area (Å²) in [6.07, 6.45) is 0. The number of thioether (sulfide) groups is 1. The van der Waals surface area contributed by atoms with Crippen LogP contribution < -0.4 is 10.2 Å². The van der Waals surface area contributed by atoms with Gasteiger partial charge in [-0.25, -0.2) is 4.39 Å². The lowest BCUT2D eigenvalue weighted by molar-refractivity contribution is -0.132. The molecule has 1 aliphatic heterocycles. The van der Waals surface area contributed by atoms with E-state index in [1.54, 1.807) is 23.1 Å². The van der Waals surface area contributed by atoms with Crippen LogP contribution in [0.1, 0.15) is 0 Å². The summed E-state index contributed by atoms with van der Waals surface area (Å²) >= 11 is 7.15. The smallest absolute Gasteiger partial charge is 0.242 e. The van der Waals surface area contributed by atoms with E-state index in [0.29, 0.717) is 36.1 Å². The fraction of sp³-hybridized carbons (Fsp3) is 0.300. The van der Waals surface area contributed by atoms with Crippen LogP contribution >= 0.6 is 23.4 Å². The Bertz CT molecular complexity index is 844. The molecule has 2 aromatic rings. The molecule has 1 heterocycles. The van der Waals surface area contributed by atoms with Crippen LogP contribution in [-0.4, -0.2) is 55.2 Å². The molecule has 1 saturated heterocycles. The summed E-state index contributed by atoms with van der Waals surface area (Å²) in [5, 5.41) is 3.30. The number of benzene rings is 2. The molecule has 2 amide bonds. The Morgan fingerprint density at radius 2 is 1.82 bits per heavy atom. The van der Waals surface area contributed by atoms with E-state index in [-0.39, 0.29) is 29.9 Å². The second-order valence-corrected chi connectivity index (χ2v) is 7.80. The maximum absolute atomic E-state index is 13.5. The summed E-state index contributed by atoms with van der Waals surface area (Å²) in [7, 11) is 0. The zero-order chi connectivity index (χ0) is 19.9. The van der Waals surface area contributed by atoms with Crippen LogP contribution in [0.15, 0.2) is 53.4 Å². The molecule has 148 valence electrons. The molecule has 0 spiro atoms. The Labute approximate surface area is 172 Å². The molecule has 5 nitrogen and oxygen atoms in total. The fourth-order valence-corrected chi connectivity index (χ4v) is 3.88. The van der Waals surface area contributed by atoms with Gasteiger partial charge in [0.05, 0.1) is 12.3 Å². The molecule has 1 fully saturated rings. The summed E-state index contributed by atoms with van der Waals surface area (Å²) in [6.45, 7) is 2.55. The van der Waals surface area contributed by atoms with E-state index in [2.05, 4.69) is 10.2 Å². The van der Waals surface area contributed by atoms with E-state index >= 15 is 0 Å². The molecule has 0 aliphatic carbocycles. The van der Waals surface area contributed by atoms with Crippen molar-refractivity contribution in [2.24, 2.45) is 0 Å². The van der Waals surface area contributed by atoms with Crippen LogP contribution in [0.3, 0.4) is 0 Å². The van der Waals surface area contributed by atoms with Gasteiger partial charge in [-0.05, 0) is 30.3 Å². The van der Waals surface area contributed by atoms with Crippen LogP contribution in [0, 0.1) is 5.82 Å². The lowest BCUT2D eigenvalue weighted by Gasteiger charge is -2.36. The first-order valence-electron chi connectivity index (χ1n) is 8.95. The lowest BCUT2D eigenvalue weighted by Crippen LogP contribution is -2.51. The molecule has 0 radical (unpaired) electrons. The Morgan fingerprint density at radius 3 is 2.54 bits per heavy atom. The normalized spacial score (nSPS) is 14.1. The van der Waals surface area contributed by atoms with Gasteiger partial charge in [0, 0.05) is 41.8 Å². The van der Waals surface area contributed by atoms with E-state index < -0.39 is 0 Å². The zero-order valence-electron chi connectivity index (χ0n) is 15.2. The molecule has 3 rings (SSSR count). The molecule has 0 bridgehead atoms. The number of piperazine rings is 1. The minimum atomic E-state index is -0.353. The molecule has 28 heavy (non-hydrogen) atoms. The number of halogens is 2. The first-order chi connectivity index (χ1) is 13.5. The van der Waals surface area contributed by atoms with Crippen LogP contribution in [0.5, 0.6) is 0 Å². The number of carbonyl (C=O) groups excluding carboxylic acids is 2. The van der Waals surface area contributed by atoms with Gasteiger partial charge < -0.3 is 15.1 Å². The van der Waals surface area contributed by atoms with E-state index in [0.717, 1.165) is 17.4 Å². The maximum atomic E-state index is 13.5. The highest BCUT2D eigenvalue weighted by Gasteiger charge is 2.21. The Hall–Kier alpha value is -2.25. The summed E-state index contributed by atoms with van der Waals surface area (Å²) in [5.41, 5.74) is 1.04. The van der Waals surface area contributed by atoms with E-state index in [9.17, 15) is 14.0 Å². The van der Waals surface area contributed by atoms with Gasteiger partial charge in [0.25, 0.3) is 0 Å². The van der Waals surface area contributed by atoms with Gasteiger partial charge >= 0.3 is 0 Å². The summed E-state index contributed by atoms with van der Waals surface area (Å²) in [6, 6.07) is 13.9. The van der Waals surface area contributed by atoms with Gasteiger partial charge in [-0.2, -0.15) is 0 Å². The minimum absolute atomic E-state index is 0.0478. The zero-order valence-corrected chi connectivity index (χ0v) is 16.8. The number of hydrogen-bond donors (Lipinski definition) is 1. The quantitative estimate of drug-likeness (QED) is 0.728. The molecular formula is C20H21ClFN3O2S. The number of anilines is 1. The monoisotopic (exact) mass is 421 g/mol. The number of nitrogens with one attached hydrogen (secondary N) is 1. The third kappa shape index (κ3) is 5.62. The molecule has 1 aliphatic rings. The van der Waals surface area contributed by atoms with Crippen molar-refractivity contribution < 1.29 is 14.0 Å². The number of nitrogens with zero attached hydrogens (tertiary/aromatic N) is 2. The van der Waals surface area contributed by atoms with Gasteiger partial charge in [0.1, 0.15) is 5.82 Å². The molecule has 0 saturated carbocycles. The van der Waals surface area contributed by atoms with Crippen LogP contribution in [-0.2, 0) is 9.59 Å². The Morgan fingerprint density at radius 1 is 1.07 bits per heavy atom. The minimum Gasteiger partial charge on any atom is -0.368 e. The summed E-state index contributed by atoms with van der Waals surface area (Å²) < 4.78 is 13.5. The van der Waals surface area contributed by atoms with Crippen LogP contribution in [0.4, 0.5) is 10.1 Å². The average Bonchev–Trinajstić information content (AvgIpc) is 2.71. The third-order valence-electron chi connectivity index (χ3n) is 4.44. The van der Waals surface area contributed by atoms with Crippen molar-refractivity contribution >= 4 is 40.9 Å². The maximum Gasteiger partial charge on any atom is 0.242 e. The van der Waals surface area contributed by atoms with Crippen molar-refractivity contribution in [2.75, 3.05) is 43.4 Å². The largest absolute Gasteiger partial charge is 0.368 e. The summed E-state index contributed by atoms with van der Waals surface area (Å²) in [4.78, 5) is 28.6. The molecular weight excluding hydrogens is 401 g/mol. The number of hydrogen-bond acceptors (Lipinski definition) is 4. The predicted molar refractivity (Wildman–Crippen MR) is 110 cm³/mol. The van der Waals surface area contributed by atoms with Crippen molar-refractivity contribution in [1.29, 1.82) is 0 Å². The Kier molecular flexibility index (Phi) is 7.17. The van der Waals surface area contributed by atoms with Crippen molar-refractivity contribution in [2.45, 2.75) is 4.90 Å². The highest BCUT2D eigenvalue weighted by Crippen LogP contribution is 2.21. The van der Waals surface area contributed by atoms with Gasteiger partial charge in [-0.1, -0.05) is 29.8 Å². The highest BCUT2D eigenvalue weighted by molar-refractivity contribution is 8.00. The fourth-order valence-electron chi connectivity index (χ4n) is 2.93. The lowest BCUT2D eigenvalue weighted by atomic mass is 10.2. The molecule has 8 heteroatoms. The predicted octanol–water partition coefficient (Wildman–Crippen LogP) is 3.04. The standard InChI is InChI=1S/C20H21ClFN3O2S/c21-15-4-3-5-16(12-15)24-8-10-25(11-9-24)20(27)13-23-19(26)14-28-18-7-2-1-6-17(18)22/h1-7,12H,8-11,13-14H2,(H,23,26). The van der Waals surface area contributed by atoms with Gasteiger partial charge in [-0.3, -0.25) is 9.59 Å². The third-order valence-corrected chi connectivity index (χ3v) is 5.72. The highest BCUT2D eigenvalue weighted by atomic mass is 35.5. The number of carbonyl (C=O) groups is 2. The molecule has 1 N–H and O–H groups in total. The topological polar surface area (TPSA) is 52.7 Å². The first kappa shape index (κ1) is 20.5. The molecule has 2 aromatic carbocycles. The SMILES string of the molecule is O=C(CSc1ccccc1F)NCC(=O)N1CCN(c2cccc(Cl)c2)CC1.